The van der Waals surface area contributed by atoms with Crippen molar-refractivity contribution in [2.24, 2.45) is 5.73 Å². The number of carbonyl (C=O) groups excluding carboxylic acids is 1. The Balaban J connectivity index is 1.95. The van der Waals surface area contributed by atoms with Crippen LogP contribution >= 0.6 is 11.3 Å². The van der Waals surface area contributed by atoms with Crippen molar-refractivity contribution in [2.45, 2.75) is 44.6 Å². The van der Waals surface area contributed by atoms with E-state index in [0.29, 0.717) is 12.0 Å². The number of anilines is 2. The molecular formula is C14H21N3OS. The SMILES string of the molecule is CC(=O)c1sc(N2CCC(N)CC2)c(C2CC2)c1N. The molecular weight excluding hydrogens is 258 g/mol. The summed E-state index contributed by atoms with van der Waals surface area (Å²) < 4.78 is 0. The molecule has 4 N–H and O–H groups in total. The van der Waals surface area contributed by atoms with Gasteiger partial charge in [-0.1, -0.05) is 0 Å². The molecule has 0 atom stereocenters. The number of Topliss-reactive ketones (excluding diaryl/α,β-unsaturated/α-hetero) is 1. The van der Waals surface area contributed by atoms with E-state index in [1.54, 1.807) is 18.3 Å². The van der Waals surface area contributed by atoms with Crippen LogP contribution in [0.5, 0.6) is 0 Å². The summed E-state index contributed by atoms with van der Waals surface area (Å²) in [6.07, 6.45) is 4.46. The Morgan fingerprint density at radius 3 is 2.42 bits per heavy atom. The van der Waals surface area contributed by atoms with Gasteiger partial charge in [0, 0.05) is 31.6 Å². The molecule has 0 bridgehead atoms. The molecule has 1 saturated heterocycles. The summed E-state index contributed by atoms with van der Waals surface area (Å²) in [6.45, 7) is 3.57. The fourth-order valence-corrected chi connectivity index (χ4v) is 4.06. The van der Waals surface area contributed by atoms with Gasteiger partial charge in [-0.2, -0.15) is 0 Å². The Labute approximate surface area is 117 Å². The maximum Gasteiger partial charge on any atom is 0.171 e. The Kier molecular flexibility index (Phi) is 3.27. The molecule has 3 rings (SSSR count). The fourth-order valence-electron chi connectivity index (χ4n) is 2.81. The Bertz CT molecular complexity index is 499. The summed E-state index contributed by atoms with van der Waals surface area (Å²) in [5.74, 6) is 0.666. The number of carbonyl (C=O) groups is 1. The average Bonchev–Trinajstić information content (AvgIpc) is 3.14. The summed E-state index contributed by atoms with van der Waals surface area (Å²) in [5, 5.41) is 1.23. The Hall–Kier alpha value is -1.07. The predicted octanol–water partition coefficient (Wildman–Crippen LogP) is 2.34. The fraction of sp³-hybridized carbons (Fsp3) is 0.643. The van der Waals surface area contributed by atoms with E-state index in [2.05, 4.69) is 4.90 Å². The average molecular weight is 279 g/mol. The maximum absolute atomic E-state index is 11.7. The van der Waals surface area contributed by atoms with Crippen LogP contribution in [-0.2, 0) is 0 Å². The predicted molar refractivity (Wildman–Crippen MR) is 80.1 cm³/mol. The second kappa shape index (κ2) is 4.80. The standard InChI is InChI=1S/C14H21N3OS/c1-8(18)13-12(16)11(9-2-3-9)14(19-13)17-6-4-10(15)5-7-17/h9-10H,2-7,15-16H2,1H3. The highest BCUT2D eigenvalue weighted by molar-refractivity contribution is 7.18. The van der Waals surface area contributed by atoms with E-state index in [-0.39, 0.29) is 5.78 Å². The molecule has 1 saturated carbocycles. The molecule has 2 heterocycles. The van der Waals surface area contributed by atoms with Gasteiger partial charge in [-0.25, -0.2) is 0 Å². The van der Waals surface area contributed by atoms with Crippen molar-refractivity contribution >= 4 is 27.8 Å². The molecule has 0 amide bonds. The molecule has 0 unspecified atom stereocenters. The number of nitrogens with two attached hydrogens (primary N) is 2. The number of hydrogen-bond acceptors (Lipinski definition) is 5. The highest BCUT2D eigenvalue weighted by Gasteiger charge is 2.34. The largest absolute Gasteiger partial charge is 0.397 e. The lowest BCUT2D eigenvalue weighted by atomic mass is 10.0. The third-order valence-electron chi connectivity index (χ3n) is 4.10. The quantitative estimate of drug-likeness (QED) is 0.833. The van der Waals surface area contributed by atoms with Crippen LogP contribution in [0.2, 0.25) is 0 Å². The lowest BCUT2D eigenvalue weighted by molar-refractivity contribution is 0.102. The van der Waals surface area contributed by atoms with E-state index in [9.17, 15) is 4.79 Å². The number of nitrogens with zero attached hydrogens (tertiary/aromatic N) is 1. The smallest absolute Gasteiger partial charge is 0.171 e. The lowest BCUT2D eigenvalue weighted by Gasteiger charge is -2.31. The molecule has 1 aromatic heterocycles. The zero-order valence-corrected chi connectivity index (χ0v) is 12.1. The summed E-state index contributed by atoms with van der Waals surface area (Å²) in [5.41, 5.74) is 14.2. The second-order valence-corrected chi connectivity index (χ2v) is 6.72. The van der Waals surface area contributed by atoms with Crippen LogP contribution in [0.3, 0.4) is 0 Å². The van der Waals surface area contributed by atoms with Gasteiger partial charge in [0.1, 0.15) is 0 Å². The molecule has 5 heteroatoms. The number of thiophene rings is 1. The number of ketones is 1. The van der Waals surface area contributed by atoms with Crippen LogP contribution in [0.4, 0.5) is 10.7 Å². The van der Waals surface area contributed by atoms with E-state index in [1.165, 1.54) is 23.4 Å². The van der Waals surface area contributed by atoms with Gasteiger partial charge in [-0.05, 0) is 31.6 Å². The molecule has 4 nitrogen and oxygen atoms in total. The molecule has 1 aromatic rings. The van der Waals surface area contributed by atoms with E-state index in [1.807, 2.05) is 0 Å². The first kappa shape index (κ1) is 12.9. The normalized spacial score (nSPS) is 20.8. The van der Waals surface area contributed by atoms with Crippen LogP contribution in [0.15, 0.2) is 0 Å². The van der Waals surface area contributed by atoms with Gasteiger partial charge < -0.3 is 16.4 Å². The minimum atomic E-state index is 0.0874. The molecule has 0 radical (unpaired) electrons. The van der Waals surface area contributed by atoms with Crippen LogP contribution in [0, 0.1) is 0 Å². The first-order valence-electron chi connectivity index (χ1n) is 7.01. The van der Waals surface area contributed by atoms with Gasteiger partial charge in [0.15, 0.2) is 5.78 Å². The minimum Gasteiger partial charge on any atom is -0.397 e. The molecule has 0 aromatic carbocycles. The van der Waals surface area contributed by atoms with Gasteiger partial charge in [0.2, 0.25) is 0 Å². The monoisotopic (exact) mass is 279 g/mol. The van der Waals surface area contributed by atoms with Crippen molar-refractivity contribution in [1.82, 2.24) is 0 Å². The van der Waals surface area contributed by atoms with Gasteiger partial charge in [-0.15, -0.1) is 11.3 Å². The highest BCUT2D eigenvalue weighted by atomic mass is 32.1. The van der Waals surface area contributed by atoms with Gasteiger partial charge in [0.25, 0.3) is 0 Å². The van der Waals surface area contributed by atoms with Crippen LogP contribution in [0.1, 0.15) is 53.8 Å². The van der Waals surface area contributed by atoms with Crippen molar-refractivity contribution in [3.05, 3.63) is 10.4 Å². The summed E-state index contributed by atoms with van der Waals surface area (Å²) in [7, 11) is 0. The number of hydrogen-bond donors (Lipinski definition) is 2. The molecule has 19 heavy (non-hydrogen) atoms. The number of nitrogen functional groups attached to an aromatic ring is 1. The third kappa shape index (κ3) is 2.37. The summed E-state index contributed by atoms with van der Waals surface area (Å²) in [6, 6.07) is 0.324. The van der Waals surface area contributed by atoms with E-state index >= 15 is 0 Å². The second-order valence-electron chi connectivity index (χ2n) is 5.72. The topological polar surface area (TPSA) is 72.3 Å². The van der Waals surface area contributed by atoms with Gasteiger partial charge >= 0.3 is 0 Å². The lowest BCUT2D eigenvalue weighted by Crippen LogP contribution is -2.39. The van der Waals surface area contributed by atoms with E-state index in [4.69, 9.17) is 11.5 Å². The van der Waals surface area contributed by atoms with E-state index < -0.39 is 0 Å². The Morgan fingerprint density at radius 2 is 1.89 bits per heavy atom. The van der Waals surface area contributed by atoms with Crippen LogP contribution in [0.25, 0.3) is 0 Å². The van der Waals surface area contributed by atoms with Crippen molar-refractivity contribution in [3.8, 4) is 0 Å². The highest BCUT2D eigenvalue weighted by Crippen LogP contribution is 2.52. The first-order chi connectivity index (χ1) is 9.08. The van der Waals surface area contributed by atoms with Crippen molar-refractivity contribution in [3.63, 3.8) is 0 Å². The van der Waals surface area contributed by atoms with Crippen molar-refractivity contribution in [2.75, 3.05) is 23.7 Å². The minimum absolute atomic E-state index is 0.0874. The molecule has 2 fully saturated rings. The maximum atomic E-state index is 11.7. The molecule has 1 aliphatic heterocycles. The Morgan fingerprint density at radius 1 is 1.26 bits per heavy atom. The summed E-state index contributed by atoms with van der Waals surface area (Å²) >= 11 is 1.58. The number of rotatable bonds is 3. The molecule has 1 aliphatic carbocycles. The van der Waals surface area contributed by atoms with Gasteiger partial charge in [0.05, 0.1) is 15.6 Å². The van der Waals surface area contributed by atoms with Crippen molar-refractivity contribution < 1.29 is 4.79 Å². The van der Waals surface area contributed by atoms with Crippen LogP contribution in [-0.4, -0.2) is 24.9 Å². The van der Waals surface area contributed by atoms with Gasteiger partial charge in [-0.3, -0.25) is 4.79 Å². The van der Waals surface area contributed by atoms with Crippen LogP contribution < -0.4 is 16.4 Å². The zero-order valence-electron chi connectivity index (χ0n) is 11.3. The molecule has 104 valence electrons. The van der Waals surface area contributed by atoms with E-state index in [0.717, 1.165) is 36.5 Å². The molecule has 0 spiro atoms. The number of piperidine rings is 1. The first-order valence-corrected chi connectivity index (χ1v) is 7.83. The third-order valence-corrected chi connectivity index (χ3v) is 5.48. The van der Waals surface area contributed by atoms with Crippen molar-refractivity contribution in [1.29, 1.82) is 0 Å². The summed E-state index contributed by atoms with van der Waals surface area (Å²) in [4.78, 5) is 14.8. The zero-order chi connectivity index (χ0) is 13.6. The molecule has 2 aliphatic rings.